The van der Waals surface area contributed by atoms with E-state index in [2.05, 4.69) is 72.1 Å². The molecule has 0 saturated carbocycles. The van der Waals surface area contributed by atoms with E-state index in [1.165, 1.54) is 4.90 Å². The van der Waals surface area contributed by atoms with Gasteiger partial charge in [0.1, 0.15) is 0 Å². The van der Waals surface area contributed by atoms with Crippen LogP contribution in [0.25, 0.3) is 0 Å². The summed E-state index contributed by atoms with van der Waals surface area (Å²) in [6.07, 6.45) is 0. The maximum Gasteiger partial charge on any atom is 0.239 e. The minimum atomic E-state index is -0.756. The van der Waals surface area contributed by atoms with Crippen LogP contribution in [0.4, 0.5) is 5.69 Å². The third kappa shape index (κ3) is 2.05. The summed E-state index contributed by atoms with van der Waals surface area (Å²) in [6, 6.07) is 23.6. The van der Waals surface area contributed by atoms with Gasteiger partial charge in [-0.05, 0) is 40.5 Å². The number of hydrogen-bond acceptors (Lipinski definition) is 2. The van der Waals surface area contributed by atoms with E-state index < -0.39 is 20.5 Å². The first-order valence-corrected chi connectivity index (χ1v) is 12.0. The third-order valence-electron chi connectivity index (χ3n) is 6.65. The molecule has 0 N–H and O–H groups in total. The second-order valence-electron chi connectivity index (χ2n) is 7.96. The molecule has 30 heavy (non-hydrogen) atoms. The number of anilines is 1. The van der Waals surface area contributed by atoms with Crippen molar-refractivity contribution in [3.05, 3.63) is 99.5 Å². The topological polar surface area (TPSA) is 37.4 Å². The van der Waals surface area contributed by atoms with Crippen LogP contribution in [0.3, 0.4) is 0 Å². The number of alkyl halides is 2. The number of carbonyl (C=O) groups excluding carboxylic acids is 2. The molecule has 2 bridgehead atoms. The van der Waals surface area contributed by atoms with Crippen molar-refractivity contribution in [3.8, 4) is 0 Å². The number of imide groups is 1. The van der Waals surface area contributed by atoms with Crippen LogP contribution in [0, 0.1) is 11.8 Å². The molecule has 148 valence electrons. The van der Waals surface area contributed by atoms with Gasteiger partial charge in [-0.1, -0.05) is 102 Å². The van der Waals surface area contributed by atoms with Crippen molar-refractivity contribution in [2.45, 2.75) is 8.65 Å². The standard InChI is InChI=1S/C24H14Br3NO2/c25-13-6-5-7-14(12-13)28-21(29)19-20(22(28)30)24(27)16-9-2-1-8-15(16)23(19,26)17-10-3-4-11-18(17)24/h1-12,19-20H/t19-,20+,23?,24?. The van der Waals surface area contributed by atoms with Crippen LogP contribution in [0.15, 0.2) is 77.3 Å². The molecule has 0 spiro atoms. The van der Waals surface area contributed by atoms with Crippen molar-refractivity contribution in [1.82, 2.24) is 0 Å². The Labute approximate surface area is 198 Å². The summed E-state index contributed by atoms with van der Waals surface area (Å²) in [6.45, 7) is 0. The number of nitrogens with zero attached hydrogens (tertiary/aromatic N) is 1. The van der Waals surface area contributed by atoms with Crippen molar-refractivity contribution >= 4 is 65.3 Å². The number of amides is 2. The van der Waals surface area contributed by atoms with Gasteiger partial charge >= 0.3 is 0 Å². The van der Waals surface area contributed by atoms with Gasteiger partial charge in [0.15, 0.2) is 0 Å². The molecule has 3 aromatic carbocycles. The Hall–Kier alpha value is -1.76. The van der Waals surface area contributed by atoms with Gasteiger partial charge in [0.05, 0.1) is 26.2 Å². The largest absolute Gasteiger partial charge is 0.274 e. The first-order chi connectivity index (χ1) is 14.4. The Balaban J connectivity index is 1.67. The van der Waals surface area contributed by atoms with E-state index in [1.54, 1.807) is 0 Å². The van der Waals surface area contributed by atoms with E-state index in [9.17, 15) is 9.59 Å². The maximum atomic E-state index is 13.9. The first-order valence-electron chi connectivity index (χ1n) is 9.61. The van der Waals surface area contributed by atoms with Gasteiger partial charge in [0, 0.05) is 4.47 Å². The molecule has 7 rings (SSSR count). The molecule has 3 aromatic rings. The summed E-state index contributed by atoms with van der Waals surface area (Å²) in [5.74, 6) is -1.44. The Morgan fingerprint density at radius 3 is 1.50 bits per heavy atom. The summed E-state index contributed by atoms with van der Waals surface area (Å²) >= 11 is 11.5. The van der Waals surface area contributed by atoms with Crippen molar-refractivity contribution in [3.63, 3.8) is 0 Å². The summed E-state index contributed by atoms with van der Waals surface area (Å²) < 4.78 is -0.686. The van der Waals surface area contributed by atoms with E-state index in [-0.39, 0.29) is 11.8 Å². The molecule has 3 aliphatic carbocycles. The van der Waals surface area contributed by atoms with Crippen LogP contribution < -0.4 is 4.90 Å². The van der Waals surface area contributed by atoms with E-state index in [4.69, 9.17) is 0 Å². The SMILES string of the molecule is O=C1[C@@H]2[C@H](C(=O)N1c1cccc(Br)c1)C1(Br)c3ccccc3C2(Br)c2ccccc21. The number of hydrogen-bond donors (Lipinski definition) is 0. The predicted molar refractivity (Wildman–Crippen MR) is 126 cm³/mol. The Morgan fingerprint density at radius 1 is 0.667 bits per heavy atom. The molecular weight excluding hydrogens is 574 g/mol. The number of benzene rings is 3. The molecule has 1 heterocycles. The lowest BCUT2D eigenvalue weighted by molar-refractivity contribution is -0.122. The maximum absolute atomic E-state index is 13.9. The van der Waals surface area contributed by atoms with Crippen molar-refractivity contribution < 1.29 is 9.59 Å². The molecule has 1 saturated heterocycles. The van der Waals surface area contributed by atoms with Crippen LogP contribution in [0.2, 0.25) is 0 Å². The lowest BCUT2D eigenvalue weighted by atomic mass is 9.54. The summed E-state index contributed by atoms with van der Waals surface area (Å²) in [5.41, 5.74) is 4.75. The number of rotatable bonds is 1. The minimum Gasteiger partial charge on any atom is -0.274 e. The molecule has 0 unspecified atom stereocenters. The molecule has 6 heteroatoms. The van der Waals surface area contributed by atoms with E-state index in [0.717, 1.165) is 26.7 Å². The molecule has 1 aliphatic heterocycles. The Kier molecular flexibility index (Phi) is 3.89. The van der Waals surface area contributed by atoms with Crippen LogP contribution in [0.1, 0.15) is 22.3 Å². The van der Waals surface area contributed by atoms with Gasteiger partial charge < -0.3 is 0 Å². The van der Waals surface area contributed by atoms with Crippen LogP contribution >= 0.6 is 47.8 Å². The van der Waals surface area contributed by atoms with Crippen LogP contribution in [0.5, 0.6) is 0 Å². The molecule has 1 fully saturated rings. The fourth-order valence-electron chi connectivity index (χ4n) is 5.54. The van der Waals surface area contributed by atoms with Gasteiger partial charge in [-0.15, -0.1) is 0 Å². The average Bonchev–Trinajstić information content (AvgIpc) is 3.03. The lowest BCUT2D eigenvalue weighted by Gasteiger charge is -2.55. The van der Waals surface area contributed by atoms with Crippen molar-refractivity contribution in [2.75, 3.05) is 4.90 Å². The van der Waals surface area contributed by atoms with Gasteiger partial charge in [0.25, 0.3) is 0 Å². The normalized spacial score (nSPS) is 30.8. The zero-order chi connectivity index (χ0) is 20.8. The molecular formula is C24H14Br3NO2. The van der Waals surface area contributed by atoms with Gasteiger partial charge in [-0.3, -0.25) is 9.59 Å². The minimum absolute atomic E-state index is 0.173. The highest BCUT2D eigenvalue weighted by Gasteiger charge is 2.72. The smallest absolute Gasteiger partial charge is 0.239 e. The quantitative estimate of drug-likeness (QED) is 0.264. The first kappa shape index (κ1) is 19.0. The van der Waals surface area contributed by atoms with Gasteiger partial charge in [0.2, 0.25) is 11.8 Å². The molecule has 0 radical (unpaired) electrons. The molecule has 2 amide bonds. The summed E-state index contributed by atoms with van der Waals surface area (Å²) in [4.78, 5) is 29.1. The monoisotopic (exact) mass is 585 g/mol. The van der Waals surface area contributed by atoms with E-state index >= 15 is 0 Å². The lowest BCUT2D eigenvalue weighted by Crippen LogP contribution is -2.56. The summed E-state index contributed by atoms with van der Waals surface area (Å²) in [5, 5.41) is 0. The van der Waals surface area contributed by atoms with Gasteiger partial charge in [-0.2, -0.15) is 0 Å². The zero-order valence-corrected chi connectivity index (χ0v) is 20.2. The highest BCUT2D eigenvalue weighted by atomic mass is 79.9. The average molecular weight is 588 g/mol. The molecule has 2 atom stereocenters. The predicted octanol–water partition coefficient (Wildman–Crippen LogP) is 5.86. The van der Waals surface area contributed by atoms with E-state index in [1.807, 2.05) is 48.5 Å². The number of carbonyl (C=O) groups is 2. The van der Waals surface area contributed by atoms with Crippen molar-refractivity contribution in [2.24, 2.45) is 11.8 Å². The highest BCUT2D eigenvalue weighted by molar-refractivity contribution is 9.10. The molecule has 3 nitrogen and oxygen atoms in total. The fourth-order valence-corrected chi connectivity index (χ4v) is 8.23. The summed E-state index contributed by atoms with van der Waals surface area (Å²) in [7, 11) is 0. The van der Waals surface area contributed by atoms with Gasteiger partial charge in [-0.25, -0.2) is 4.90 Å². The van der Waals surface area contributed by atoms with Crippen LogP contribution in [-0.2, 0) is 18.2 Å². The Morgan fingerprint density at radius 2 is 1.10 bits per heavy atom. The van der Waals surface area contributed by atoms with Crippen molar-refractivity contribution in [1.29, 1.82) is 0 Å². The molecule has 4 aliphatic rings. The molecule has 0 aromatic heterocycles. The fraction of sp³-hybridized carbons (Fsp3) is 0.167. The third-order valence-corrected chi connectivity index (χ3v) is 9.84. The highest BCUT2D eigenvalue weighted by Crippen LogP contribution is 2.70. The van der Waals surface area contributed by atoms with E-state index in [0.29, 0.717) is 5.69 Å². The Bertz CT molecular complexity index is 1150. The number of halogens is 3. The zero-order valence-electron chi connectivity index (χ0n) is 15.5. The second kappa shape index (κ2) is 6.15. The second-order valence-corrected chi connectivity index (χ2v) is 11.4. The van der Waals surface area contributed by atoms with Crippen LogP contribution in [-0.4, -0.2) is 11.8 Å².